The van der Waals surface area contributed by atoms with Gasteiger partial charge in [0.05, 0.1) is 45.0 Å². The van der Waals surface area contributed by atoms with E-state index in [1.54, 1.807) is 12.4 Å². The van der Waals surface area contributed by atoms with Gasteiger partial charge in [-0.3, -0.25) is 9.97 Å². The van der Waals surface area contributed by atoms with Crippen LogP contribution < -0.4 is 19.9 Å². The molecule has 8 aromatic rings. The molecule has 8 heteroatoms. The van der Waals surface area contributed by atoms with Crippen LogP contribution in [-0.2, 0) is 5.41 Å². The van der Waals surface area contributed by atoms with Crippen molar-refractivity contribution >= 4 is 39.8 Å². The second kappa shape index (κ2) is 14.8. The summed E-state index contributed by atoms with van der Waals surface area (Å²) in [4.78, 5) is 14.3. The first-order chi connectivity index (χ1) is 30.6. The highest BCUT2D eigenvalue weighted by Crippen LogP contribution is 2.63. The molecule has 4 aliphatic rings. The molecule has 0 atom stereocenters. The van der Waals surface area contributed by atoms with E-state index in [-0.39, 0.29) is 0 Å². The van der Waals surface area contributed by atoms with Crippen LogP contribution in [0, 0.1) is 22.7 Å². The number of benzene rings is 6. The van der Waals surface area contributed by atoms with E-state index in [4.69, 9.17) is 14.7 Å². The Morgan fingerprint density at radius 3 is 1.68 bits per heavy atom. The van der Waals surface area contributed by atoms with Crippen molar-refractivity contribution in [2.24, 2.45) is 0 Å². The standard InChI is InChI=1S/C42H26N6.C12H9NO/c43-24-28-21-36-40(45-26-28)41-37(22-29(25-44)27-46-41)42(36)34-17-10-18-38(34)48(32-15-8-3-9-16-32)39-20-19-33(23-35(39)42)47(30-11-4-1-5-12-30)31-13-6-2-7-14-31;1-3-7-11-9(5-1)13-10-6-2-4-8-12(10)14-11/h1-16,18-23,26-27H,17H2;1-8,13H. The predicted octanol–water partition coefficient (Wildman–Crippen LogP) is 12.9. The number of hydrogen-bond acceptors (Lipinski definition) is 8. The Hall–Kier alpha value is -8.72. The number of allylic oxidation sites excluding steroid dienone is 3. The maximum absolute atomic E-state index is 10.1. The fourth-order valence-corrected chi connectivity index (χ4v) is 9.30. The molecule has 2 aliphatic carbocycles. The molecule has 0 saturated heterocycles. The summed E-state index contributed by atoms with van der Waals surface area (Å²) in [6, 6.07) is 62.3. The van der Waals surface area contributed by atoms with Crippen LogP contribution in [0.15, 0.2) is 206 Å². The number of nitriles is 2. The molecule has 4 heterocycles. The minimum Gasteiger partial charge on any atom is -0.453 e. The van der Waals surface area contributed by atoms with Gasteiger partial charge in [-0.05, 0) is 115 Å². The molecular weight excluding hydrogens is 763 g/mol. The van der Waals surface area contributed by atoms with Gasteiger partial charge in [-0.25, -0.2) is 0 Å². The average molecular weight is 798 g/mol. The number of fused-ring (bicyclic) bond motifs is 10. The van der Waals surface area contributed by atoms with Crippen LogP contribution in [0.5, 0.6) is 11.5 Å². The maximum Gasteiger partial charge on any atom is 0.150 e. The lowest BCUT2D eigenvalue weighted by Crippen LogP contribution is -2.38. The van der Waals surface area contributed by atoms with Crippen LogP contribution in [-0.4, -0.2) is 9.97 Å². The number of ether oxygens (including phenoxy) is 1. The van der Waals surface area contributed by atoms with E-state index >= 15 is 0 Å². The quantitative estimate of drug-likeness (QED) is 0.188. The van der Waals surface area contributed by atoms with Crippen molar-refractivity contribution in [3.05, 3.63) is 233 Å². The Kier molecular flexibility index (Phi) is 8.70. The van der Waals surface area contributed by atoms with E-state index in [0.717, 1.165) is 90.7 Å². The van der Waals surface area contributed by atoms with Crippen molar-refractivity contribution in [3.8, 4) is 35.0 Å². The Labute approximate surface area is 359 Å². The molecule has 2 aromatic heterocycles. The second-order valence-corrected chi connectivity index (χ2v) is 15.3. The smallest absolute Gasteiger partial charge is 0.150 e. The van der Waals surface area contributed by atoms with Gasteiger partial charge < -0.3 is 19.9 Å². The molecule has 2 aliphatic heterocycles. The van der Waals surface area contributed by atoms with E-state index in [1.165, 1.54) is 0 Å². The molecule has 0 amide bonds. The summed E-state index contributed by atoms with van der Waals surface area (Å²) >= 11 is 0. The first kappa shape index (κ1) is 36.4. The van der Waals surface area contributed by atoms with Crippen LogP contribution in [0.4, 0.5) is 39.8 Å². The minimum atomic E-state index is -0.848. The van der Waals surface area contributed by atoms with E-state index in [1.807, 2.05) is 78.9 Å². The first-order valence-corrected chi connectivity index (χ1v) is 20.4. The normalized spacial score (nSPS) is 13.9. The summed E-state index contributed by atoms with van der Waals surface area (Å²) in [6.45, 7) is 0. The van der Waals surface area contributed by atoms with Crippen molar-refractivity contribution in [1.29, 1.82) is 10.5 Å². The molecule has 292 valence electrons. The molecule has 1 N–H and O–H groups in total. The highest BCUT2D eigenvalue weighted by atomic mass is 16.5. The lowest BCUT2D eigenvalue weighted by molar-refractivity contribution is 0.481. The predicted molar refractivity (Wildman–Crippen MR) is 244 cm³/mol. The highest BCUT2D eigenvalue weighted by Gasteiger charge is 2.54. The van der Waals surface area contributed by atoms with Crippen LogP contribution in [0.25, 0.3) is 11.4 Å². The van der Waals surface area contributed by atoms with Gasteiger partial charge in [0.2, 0.25) is 0 Å². The topological polar surface area (TPSA) is 101 Å². The van der Waals surface area contributed by atoms with Gasteiger partial charge in [0.15, 0.2) is 11.5 Å². The zero-order valence-electron chi connectivity index (χ0n) is 33.3. The van der Waals surface area contributed by atoms with Crippen molar-refractivity contribution in [2.45, 2.75) is 11.8 Å². The summed E-state index contributed by atoms with van der Waals surface area (Å²) in [6.07, 6.45) is 8.33. The summed E-state index contributed by atoms with van der Waals surface area (Å²) in [5.74, 6) is 1.76. The van der Waals surface area contributed by atoms with Crippen LogP contribution in [0.2, 0.25) is 0 Å². The molecule has 0 fully saturated rings. The summed E-state index contributed by atoms with van der Waals surface area (Å²) in [5, 5.41) is 23.5. The average Bonchev–Trinajstić information content (AvgIpc) is 3.94. The van der Waals surface area contributed by atoms with Gasteiger partial charge in [0, 0.05) is 52.0 Å². The van der Waals surface area contributed by atoms with Crippen LogP contribution in [0.1, 0.15) is 34.2 Å². The van der Waals surface area contributed by atoms with Crippen molar-refractivity contribution in [1.82, 2.24) is 9.97 Å². The third-order valence-electron chi connectivity index (χ3n) is 11.9. The molecule has 0 radical (unpaired) electrons. The molecule has 0 bridgehead atoms. The molecular formula is C54H35N7O. The monoisotopic (exact) mass is 797 g/mol. The van der Waals surface area contributed by atoms with Gasteiger partial charge >= 0.3 is 0 Å². The molecule has 1 spiro atoms. The van der Waals surface area contributed by atoms with Gasteiger partial charge in [0.25, 0.3) is 0 Å². The van der Waals surface area contributed by atoms with E-state index < -0.39 is 5.41 Å². The fraction of sp³-hybridized carbons (Fsp3) is 0.0370. The third kappa shape index (κ3) is 5.74. The lowest BCUT2D eigenvalue weighted by atomic mass is 9.64. The van der Waals surface area contributed by atoms with Gasteiger partial charge in [-0.15, -0.1) is 0 Å². The molecule has 62 heavy (non-hydrogen) atoms. The zero-order valence-corrected chi connectivity index (χ0v) is 33.3. The number of nitrogens with one attached hydrogen (secondary N) is 1. The molecule has 12 rings (SSSR count). The molecule has 0 unspecified atom stereocenters. The Morgan fingerprint density at radius 1 is 0.581 bits per heavy atom. The number of para-hydroxylation sites is 7. The summed E-state index contributed by atoms with van der Waals surface area (Å²) < 4.78 is 5.71. The number of hydrogen-bond donors (Lipinski definition) is 1. The van der Waals surface area contributed by atoms with Crippen molar-refractivity contribution in [3.63, 3.8) is 0 Å². The van der Waals surface area contributed by atoms with Gasteiger partial charge in [-0.1, -0.05) is 84.9 Å². The number of nitrogens with zero attached hydrogens (tertiary/aromatic N) is 6. The van der Waals surface area contributed by atoms with Gasteiger partial charge in [0.1, 0.15) is 12.1 Å². The number of pyridine rings is 2. The SMILES string of the molecule is N#Cc1cnc2c(c1)C1(C3=C(C=CC3)N(c3ccccc3)c3ccc(N(c4ccccc4)c4ccccc4)cc31)c1cc(C#N)cnc1-2.c1ccc2c(c1)Nc1ccccc1O2. The molecule has 0 saturated carbocycles. The second-order valence-electron chi connectivity index (χ2n) is 15.3. The van der Waals surface area contributed by atoms with Gasteiger partial charge in [-0.2, -0.15) is 10.5 Å². The summed E-state index contributed by atoms with van der Waals surface area (Å²) in [7, 11) is 0. The molecule has 8 nitrogen and oxygen atoms in total. The number of anilines is 7. The maximum atomic E-state index is 10.1. The Morgan fingerprint density at radius 2 is 1.11 bits per heavy atom. The molecule has 6 aromatic carbocycles. The number of rotatable bonds is 4. The Balaban J connectivity index is 0.000000260. The van der Waals surface area contributed by atoms with E-state index in [0.29, 0.717) is 17.5 Å². The Bertz CT molecular complexity index is 3010. The largest absolute Gasteiger partial charge is 0.453 e. The van der Waals surface area contributed by atoms with Crippen LogP contribution in [0.3, 0.4) is 0 Å². The lowest BCUT2D eigenvalue weighted by Gasteiger charge is -2.45. The third-order valence-corrected chi connectivity index (χ3v) is 11.9. The van der Waals surface area contributed by atoms with Crippen molar-refractivity contribution in [2.75, 3.05) is 15.1 Å². The first-order valence-electron chi connectivity index (χ1n) is 20.4. The zero-order chi connectivity index (χ0) is 41.6. The highest BCUT2D eigenvalue weighted by molar-refractivity contribution is 5.92. The van der Waals surface area contributed by atoms with Crippen molar-refractivity contribution < 1.29 is 4.74 Å². The minimum absolute atomic E-state index is 0.480. The summed E-state index contributed by atoms with van der Waals surface area (Å²) in [5.41, 5.74) is 13.8. The van der Waals surface area contributed by atoms with E-state index in [9.17, 15) is 10.5 Å². The fourth-order valence-electron chi connectivity index (χ4n) is 9.30. The van der Waals surface area contributed by atoms with E-state index in [2.05, 4.69) is 130 Å². The number of aromatic nitrogens is 2. The van der Waals surface area contributed by atoms with Crippen LogP contribution >= 0.6 is 0 Å².